The van der Waals surface area contributed by atoms with E-state index in [1.807, 2.05) is 42.2 Å². The lowest BCUT2D eigenvalue weighted by molar-refractivity contribution is -0.130. The number of nitrogens with two attached hydrogens (primary N) is 1. The highest BCUT2D eigenvalue weighted by atomic mass is 35.5. The van der Waals surface area contributed by atoms with E-state index in [1.54, 1.807) is 12.1 Å². The number of aryl methyl sites for hydroxylation is 2. The molecule has 0 spiro atoms. The third-order valence-corrected chi connectivity index (χ3v) is 6.95. The van der Waals surface area contributed by atoms with Crippen LogP contribution in [0, 0.1) is 12.7 Å². The smallest absolute Gasteiger partial charge is 0.236 e. The Kier molecular flexibility index (Phi) is 10.2. The minimum absolute atomic E-state index is 0.0309. The molecule has 4 nitrogen and oxygen atoms in total. The Labute approximate surface area is 202 Å². The van der Waals surface area contributed by atoms with Crippen molar-refractivity contribution < 1.29 is 9.18 Å². The predicted octanol–water partition coefficient (Wildman–Crippen LogP) is 5.17. The van der Waals surface area contributed by atoms with Crippen LogP contribution in [0.15, 0.2) is 42.5 Å². The van der Waals surface area contributed by atoms with Gasteiger partial charge in [-0.15, -0.1) is 0 Å². The van der Waals surface area contributed by atoms with Gasteiger partial charge in [-0.05, 0) is 106 Å². The van der Waals surface area contributed by atoms with Gasteiger partial charge in [-0.25, -0.2) is 4.39 Å². The maximum absolute atomic E-state index is 13.8. The van der Waals surface area contributed by atoms with Crippen LogP contribution in [0.3, 0.4) is 0 Å². The van der Waals surface area contributed by atoms with Crippen molar-refractivity contribution in [1.29, 1.82) is 0 Å². The zero-order chi connectivity index (χ0) is 23.6. The van der Waals surface area contributed by atoms with Crippen molar-refractivity contribution in [2.45, 2.75) is 51.4 Å². The van der Waals surface area contributed by atoms with E-state index in [-0.39, 0.29) is 18.3 Å². The van der Waals surface area contributed by atoms with E-state index < -0.39 is 0 Å². The number of likely N-dealkylation sites (tertiary alicyclic amines) is 2. The van der Waals surface area contributed by atoms with Crippen molar-refractivity contribution in [3.05, 3.63) is 70.0 Å². The molecule has 1 amide bonds. The standard InChI is InChI=1S/C20H30FN3O.C7H7Cl/c21-18-5-6-19(16-7-12-24(13-8-16)20(25)15-22)17(14-18)4-3-11-23-9-1-2-10-23;1-6-2-4-7(8)5-3-6/h5-6,14,16H,1-4,7-13,15,22H2;2-5H,1H3. The molecule has 0 radical (unpaired) electrons. The number of carbonyl (C=O) groups excluding carboxylic acids is 1. The second-order valence-electron chi connectivity index (χ2n) is 9.15. The topological polar surface area (TPSA) is 49.6 Å². The van der Waals surface area contributed by atoms with E-state index in [0.29, 0.717) is 5.92 Å². The maximum atomic E-state index is 13.8. The van der Waals surface area contributed by atoms with Crippen LogP contribution < -0.4 is 5.73 Å². The van der Waals surface area contributed by atoms with Gasteiger partial charge in [0, 0.05) is 18.1 Å². The maximum Gasteiger partial charge on any atom is 0.236 e. The molecule has 2 aromatic rings. The molecular weight excluding hydrogens is 437 g/mol. The summed E-state index contributed by atoms with van der Waals surface area (Å²) in [4.78, 5) is 16.1. The summed E-state index contributed by atoms with van der Waals surface area (Å²) in [6, 6.07) is 13.0. The van der Waals surface area contributed by atoms with Gasteiger partial charge in [0.15, 0.2) is 0 Å². The first-order valence-corrected chi connectivity index (χ1v) is 12.5. The summed E-state index contributed by atoms with van der Waals surface area (Å²) >= 11 is 5.61. The summed E-state index contributed by atoms with van der Waals surface area (Å²) in [5, 5.41) is 0.801. The van der Waals surface area contributed by atoms with E-state index in [4.69, 9.17) is 17.3 Å². The van der Waals surface area contributed by atoms with Crippen LogP contribution in [0.1, 0.15) is 54.7 Å². The molecule has 2 fully saturated rings. The van der Waals surface area contributed by atoms with Crippen molar-refractivity contribution in [2.24, 2.45) is 5.73 Å². The Balaban J connectivity index is 0.000000323. The van der Waals surface area contributed by atoms with Gasteiger partial charge in [-0.2, -0.15) is 0 Å². The molecule has 2 aromatic carbocycles. The van der Waals surface area contributed by atoms with E-state index in [2.05, 4.69) is 4.90 Å². The van der Waals surface area contributed by atoms with Crippen LogP contribution >= 0.6 is 11.6 Å². The third-order valence-electron chi connectivity index (χ3n) is 6.70. The lowest BCUT2D eigenvalue weighted by Gasteiger charge is -2.33. The Bertz CT molecular complexity index is 854. The molecule has 2 N–H and O–H groups in total. The normalized spacial score (nSPS) is 17.0. The molecule has 33 heavy (non-hydrogen) atoms. The van der Waals surface area contributed by atoms with Gasteiger partial charge in [-0.1, -0.05) is 35.4 Å². The van der Waals surface area contributed by atoms with Gasteiger partial charge >= 0.3 is 0 Å². The molecule has 2 saturated heterocycles. The molecule has 0 bridgehead atoms. The van der Waals surface area contributed by atoms with Gasteiger partial charge in [0.05, 0.1) is 6.54 Å². The Morgan fingerprint density at radius 1 is 1.06 bits per heavy atom. The van der Waals surface area contributed by atoms with Crippen molar-refractivity contribution in [3.8, 4) is 0 Å². The third kappa shape index (κ3) is 8.09. The first-order chi connectivity index (χ1) is 16.0. The van der Waals surface area contributed by atoms with Gasteiger partial charge in [-0.3, -0.25) is 4.79 Å². The number of halogens is 2. The summed E-state index contributed by atoms with van der Waals surface area (Å²) in [5.74, 6) is 0.309. The Hall–Kier alpha value is -1.95. The zero-order valence-corrected chi connectivity index (χ0v) is 20.5. The van der Waals surface area contributed by atoms with Crippen molar-refractivity contribution in [3.63, 3.8) is 0 Å². The highest BCUT2D eigenvalue weighted by Crippen LogP contribution is 2.31. The van der Waals surface area contributed by atoms with E-state index in [0.717, 1.165) is 55.9 Å². The SMILES string of the molecule is Cc1ccc(Cl)cc1.NCC(=O)N1CCC(c2ccc(F)cc2CCCN2CCCC2)CC1. The summed E-state index contributed by atoms with van der Waals surface area (Å²) in [7, 11) is 0. The molecule has 180 valence electrons. The van der Waals surface area contributed by atoms with Crippen molar-refractivity contribution in [2.75, 3.05) is 39.3 Å². The molecule has 6 heteroatoms. The van der Waals surface area contributed by atoms with Crippen LogP contribution in [0.4, 0.5) is 4.39 Å². The van der Waals surface area contributed by atoms with Gasteiger partial charge in [0.25, 0.3) is 0 Å². The van der Waals surface area contributed by atoms with Crippen molar-refractivity contribution in [1.82, 2.24) is 9.80 Å². The Morgan fingerprint density at radius 2 is 1.73 bits per heavy atom. The lowest BCUT2D eigenvalue weighted by atomic mass is 9.85. The van der Waals surface area contributed by atoms with Crippen LogP contribution in [0.5, 0.6) is 0 Å². The van der Waals surface area contributed by atoms with Crippen LogP contribution in [0.25, 0.3) is 0 Å². The average molecular weight is 474 g/mol. The molecule has 0 saturated carbocycles. The van der Waals surface area contributed by atoms with Crippen LogP contribution in [0.2, 0.25) is 5.02 Å². The van der Waals surface area contributed by atoms with E-state index in [9.17, 15) is 9.18 Å². The van der Waals surface area contributed by atoms with Gasteiger partial charge in [0.1, 0.15) is 5.82 Å². The molecule has 2 aliphatic heterocycles. The number of piperidine rings is 1. The fraction of sp³-hybridized carbons (Fsp3) is 0.519. The molecule has 2 heterocycles. The minimum Gasteiger partial charge on any atom is -0.342 e. The van der Waals surface area contributed by atoms with Gasteiger partial charge in [0.2, 0.25) is 5.91 Å². The quantitative estimate of drug-likeness (QED) is 0.629. The number of hydrogen-bond acceptors (Lipinski definition) is 3. The largest absolute Gasteiger partial charge is 0.342 e. The fourth-order valence-electron chi connectivity index (χ4n) is 4.79. The Morgan fingerprint density at radius 3 is 2.33 bits per heavy atom. The first kappa shape index (κ1) is 25.7. The number of benzene rings is 2. The molecule has 0 aliphatic carbocycles. The minimum atomic E-state index is -0.143. The molecule has 2 aliphatic rings. The van der Waals surface area contributed by atoms with E-state index in [1.165, 1.54) is 37.1 Å². The van der Waals surface area contributed by atoms with Crippen LogP contribution in [-0.4, -0.2) is 55.0 Å². The van der Waals surface area contributed by atoms with Crippen LogP contribution in [-0.2, 0) is 11.2 Å². The highest BCUT2D eigenvalue weighted by molar-refractivity contribution is 6.30. The van der Waals surface area contributed by atoms with Gasteiger partial charge < -0.3 is 15.5 Å². The highest BCUT2D eigenvalue weighted by Gasteiger charge is 2.24. The second-order valence-corrected chi connectivity index (χ2v) is 9.59. The molecule has 0 unspecified atom stereocenters. The second kappa shape index (κ2) is 13.1. The molecular formula is C27H37ClFN3O. The monoisotopic (exact) mass is 473 g/mol. The molecule has 0 aromatic heterocycles. The fourth-order valence-corrected chi connectivity index (χ4v) is 4.92. The number of amides is 1. The predicted molar refractivity (Wildman–Crippen MR) is 134 cm³/mol. The van der Waals surface area contributed by atoms with E-state index >= 15 is 0 Å². The first-order valence-electron chi connectivity index (χ1n) is 12.2. The van der Waals surface area contributed by atoms with Crippen molar-refractivity contribution >= 4 is 17.5 Å². The summed E-state index contributed by atoms with van der Waals surface area (Å²) in [5.41, 5.74) is 9.14. The summed E-state index contributed by atoms with van der Waals surface area (Å²) in [6.07, 6.45) is 6.52. The number of hydrogen-bond donors (Lipinski definition) is 1. The number of rotatable bonds is 6. The molecule has 0 atom stereocenters. The molecule has 4 rings (SSSR count). The zero-order valence-electron chi connectivity index (χ0n) is 19.7. The summed E-state index contributed by atoms with van der Waals surface area (Å²) < 4.78 is 13.8. The average Bonchev–Trinajstić information content (AvgIpc) is 3.35. The summed E-state index contributed by atoms with van der Waals surface area (Å²) in [6.45, 7) is 7.17. The number of carbonyl (C=O) groups is 1. The lowest BCUT2D eigenvalue weighted by Crippen LogP contribution is -2.41. The number of nitrogens with zero attached hydrogens (tertiary/aromatic N) is 2.